The van der Waals surface area contributed by atoms with Gasteiger partial charge in [0.15, 0.2) is 0 Å². The fourth-order valence-electron chi connectivity index (χ4n) is 4.12. The minimum Gasteiger partial charge on any atom is -0.347 e. The van der Waals surface area contributed by atoms with Crippen molar-refractivity contribution in [1.29, 1.82) is 0 Å². The van der Waals surface area contributed by atoms with E-state index in [0.717, 1.165) is 36.9 Å². The summed E-state index contributed by atoms with van der Waals surface area (Å²) in [5, 5.41) is 4.02. The topological polar surface area (TPSA) is 84.2 Å². The first-order valence-electron chi connectivity index (χ1n) is 8.84. The Hall–Kier alpha value is -2.00. The molecular weight excluding hydrogens is 352 g/mol. The summed E-state index contributed by atoms with van der Waals surface area (Å²) in [6, 6.07) is 0. The maximum absolute atomic E-state index is 13.1. The highest BCUT2D eigenvalue weighted by atomic mass is 32.2. The van der Waals surface area contributed by atoms with E-state index in [1.165, 1.54) is 10.9 Å². The molecule has 1 aliphatic carbocycles. The first kappa shape index (κ1) is 17.4. The minimum atomic E-state index is -3.54. The molecule has 26 heavy (non-hydrogen) atoms. The minimum absolute atomic E-state index is 0.212. The molecule has 0 radical (unpaired) electrons. The van der Waals surface area contributed by atoms with Crippen molar-refractivity contribution in [2.24, 2.45) is 7.05 Å². The molecule has 0 amide bonds. The van der Waals surface area contributed by atoms with Crippen molar-refractivity contribution in [2.75, 3.05) is 32.1 Å². The van der Waals surface area contributed by atoms with Crippen LogP contribution in [0.2, 0.25) is 0 Å². The Labute approximate surface area is 153 Å². The molecule has 1 atom stereocenters. The summed E-state index contributed by atoms with van der Waals surface area (Å²) in [4.78, 5) is 11.4. The number of anilines is 1. The zero-order valence-corrected chi connectivity index (χ0v) is 16.2. The number of sulfonamides is 1. The van der Waals surface area contributed by atoms with Gasteiger partial charge in [-0.15, -0.1) is 0 Å². The smallest absolute Gasteiger partial charge is 0.246 e. The van der Waals surface area contributed by atoms with Crippen molar-refractivity contribution in [2.45, 2.75) is 36.0 Å². The summed E-state index contributed by atoms with van der Waals surface area (Å²) in [5.74, 6) is 0.678. The lowest BCUT2D eigenvalue weighted by atomic mass is 9.78. The van der Waals surface area contributed by atoms with Crippen molar-refractivity contribution in [3.05, 3.63) is 29.8 Å². The van der Waals surface area contributed by atoms with Crippen molar-refractivity contribution >= 4 is 16.0 Å². The van der Waals surface area contributed by atoms with Gasteiger partial charge in [-0.05, 0) is 31.2 Å². The molecule has 1 unspecified atom stereocenters. The molecule has 0 bridgehead atoms. The Balaban J connectivity index is 1.69. The number of piperidine rings is 1. The molecule has 4 rings (SSSR count). The number of aromatic nitrogens is 4. The summed E-state index contributed by atoms with van der Waals surface area (Å²) in [6.45, 7) is 1.01. The second-order valence-corrected chi connectivity index (χ2v) is 9.45. The van der Waals surface area contributed by atoms with Crippen molar-refractivity contribution in [3.8, 4) is 0 Å². The average Bonchev–Trinajstić information content (AvgIpc) is 3.20. The van der Waals surface area contributed by atoms with Crippen LogP contribution < -0.4 is 4.90 Å². The molecule has 1 fully saturated rings. The van der Waals surface area contributed by atoms with Gasteiger partial charge in [0.1, 0.15) is 4.90 Å². The van der Waals surface area contributed by atoms with Gasteiger partial charge in [0.2, 0.25) is 16.0 Å². The molecule has 1 spiro atoms. The monoisotopic (exact) mass is 376 g/mol. The van der Waals surface area contributed by atoms with Crippen molar-refractivity contribution < 1.29 is 8.42 Å². The lowest BCUT2D eigenvalue weighted by Gasteiger charge is -2.39. The summed E-state index contributed by atoms with van der Waals surface area (Å²) in [5.41, 5.74) is 1.97. The summed E-state index contributed by atoms with van der Waals surface area (Å²) in [7, 11) is 2.03. The van der Waals surface area contributed by atoms with Crippen LogP contribution in [-0.4, -0.2) is 59.7 Å². The lowest BCUT2D eigenvalue weighted by molar-refractivity contribution is 0.219. The van der Waals surface area contributed by atoms with E-state index < -0.39 is 10.0 Å². The van der Waals surface area contributed by atoms with Crippen molar-refractivity contribution in [1.82, 2.24) is 24.1 Å². The van der Waals surface area contributed by atoms with Gasteiger partial charge < -0.3 is 4.90 Å². The first-order chi connectivity index (χ1) is 12.3. The molecule has 0 aromatic carbocycles. The van der Waals surface area contributed by atoms with E-state index in [2.05, 4.69) is 10.1 Å². The van der Waals surface area contributed by atoms with Gasteiger partial charge in [-0.1, -0.05) is 0 Å². The van der Waals surface area contributed by atoms with Crippen LogP contribution in [0.5, 0.6) is 0 Å². The Morgan fingerprint density at radius 3 is 2.73 bits per heavy atom. The van der Waals surface area contributed by atoms with E-state index in [0.29, 0.717) is 19.0 Å². The van der Waals surface area contributed by atoms with Gasteiger partial charge in [-0.25, -0.2) is 18.4 Å². The predicted octanol–water partition coefficient (Wildman–Crippen LogP) is 0.945. The Morgan fingerprint density at radius 2 is 2.04 bits per heavy atom. The molecule has 1 saturated heterocycles. The highest BCUT2D eigenvalue weighted by Gasteiger charge is 2.46. The van der Waals surface area contributed by atoms with Crippen LogP contribution in [0.1, 0.15) is 30.5 Å². The maximum Gasteiger partial charge on any atom is 0.246 e. The van der Waals surface area contributed by atoms with Gasteiger partial charge in [0.25, 0.3) is 0 Å². The van der Waals surface area contributed by atoms with Crippen LogP contribution >= 0.6 is 0 Å². The molecule has 2 aromatic heterocycles. The van der Waals surface area contributed by atoms with E-state index in [4.69, 9.17) is 4.98 Å². The van der Waals surface area contributed by atoms with Crippen LogP contribution in [0.3, 0.4) is 0 Å². The molecule has 8 nitrogen and oxygen atoms in total. The van der Waals surface area contributed by atoms with Gasteiger partial charge in [0, 0.05) is 52.0 Å². The van der Waals surface area contributed by atoms with Crippen LogP contribution in [0, 0.1) is 0 Å². The molecule has 2 aromatic rings. The van der Waals surface area contributed by atoms with Crippen molar-refractivity contribution in [3.63, 3.8) is 0 Å². The average molecular weight is 376 g/mol. The number of nitrogens with zero attached hydrogens (tertiary/aromatic N) is 6. The SMILES string of the molecule is CN(C)c1ncc2c(n1)C1(CCCN(S(=O)(=O)c3cnn(C)c3)C1)CC2. The zero-order valence-electron chi connectivity index (χ0n) is 15.4. The number of hydrogen-bond acceptors (Lipinski definition) is 6. The summed E-state index contributed by atoms with van der Waals surface area (Å²) >= 11 is 0. The maximum atomic E-state index is 13.1. The fraction of sp³-hybridized carbons (Fsp3) is 0.588. The zero-order chi connectivity index (χ0) is 18.5. The second-order valence-electron chi connectivity index (χ2n) is 7.51. The van der Waals surface area contributed by atoms with Crippen LogP contribution in [-0.2, 0) is 28.9 Å². The summed E-state index contributed by atoms with van der Waals surface area (Å²) in [6.07, 6.45) is 8.51. The first-order valence-corrected chi connectivity index (χ1v) is 10.3. The number of hydrogen-bond donors (Lipinski definition) is 0. The molecule has 2 aliphatic rings. The van der Waals surface area contributed by atoms with E-state index in [-0.39, 0.29) is 10.3 Å². The number of aryl methyl sites for hydroxylation is 2. The van der Waals surface area contributed by atoms with Gasteiger partial charge in [-0.3, -0.25) is 4.68 Å². The Bertz CT molecular complexity index is 934. The fourth-order valence-corrected chi connectivity index (χ4v) is 5.67. The molecule has 140 valence electrons. The van der Waals surface area contributed by atoms with E-state index in [1.807, 2.05) is 25.2 Å². The molecule has 1 aliphatic heterocycles. The molecule has 0 saturated carbocycles. The van der Waals surface area contributed by atoms with Crippen LogP contribution in [0.25, 0.3) is 0 Å². The highest BCUT2D eigenvalue weighted by Crippen LogP contribution is 2.45. The Kier molecular flexibility index (Phi) is 4.03. The third-order valence-corrected chi connectivity index (χ3v) is 7.29. The van der Waals surface area contributed by atoms with Gasteiger partial charge >= 0.3 is 0 Å². The van der Waals surface area contributed by atoms with Gasteiger partial charge in [0.05, 0.1) is 11.9 Å². The second kappa shape index (κ2) is 6.02. The molecule has 3 heterocycles. The van der Waals surface area contributed by atoms with E-state index in [1.54, 1.807) is 17.5 Å². The quantitative estimate of drug-likeness (QED) is 0.793. The third kappa shape index (κ3) is 2.69. The number of fused-ring (bicyclic) bond motifs is 2. The largest absolute Gasteiger partial charge is 0.347 e. The van der Waals surface area contributed by atoms with Crippen LogP contribution in [0.4, 0.5) is 5.95 Å². The lowest BCUT2D eigenvalue weighted by Crippen LogP contribution is -2.47. The van der Waals surface area contributed by atoms with Crippen LogP contribution in [0.15, 0.2) is 23.5 Å². The van der Waals surface area contributed by atoms with E-state index in [9.17, 15) is 8.42 Å². The summed E-state index contributed by atoms with van der Waals surface area (Å²) < 4.78 is 29.3. The normalized spacial score (nSPS) is 23.3. The highest BCUT2D eigenvalue weighted by molar-refractivity contribution is 7.89. The Morgan fingerprint density at radius 1 is 1.23 bits per heavy atom. The molecule has 9 heteroatoms. The third-order valence-electron chi connectivity index (χ3n) is 5.49. The van der Waals surface area contributed by atoms with E-state index >= 15 is 0 Å². The number of rotatable bonds is 3. The predicted molar refractivity (Wildman–Crippen MR) is 97.6 cm³/mol. The van der Waals surface area contributed by atoms with Gasteiger partial charge in [-0.2, -0.15) is 9.40 Å². The molecular formula is C17H24N6O2S. The molecule has 0 N–H and O–H groups in total. The standard InChI is InChI=1S/C17H24N6O2S/c1-21(2)16-18-9-13-5-7-17(15(13)20-16)6-4-8-23(12-17)26(24,25)14-10-19-22(3)11-14/h9-11H,4-8,12H2,1-3H3.